The highest BCUT2D eigenvalue weighted by atomic mass is 35.5. The van der Waals surface area contributed by atoms with Gasteiger partial charge in [-0.05, 0) is 18.2 Å². The standard InChI is InChI=1S/C11H12ClNO5/c1-17-10(15)7-2-3-8(9(14)6-7)13-11(16)18-5-4-12/h2-3,6,14H,4-5H2,1H3,(H,13,16). The number of hydrogen-bond acceptors (Lipinski definition) is 5. The van der Waals surface area contributed by atoms with E-state index < -0.39 is 12.1 Å². The maximum Gasteiger partial charge on any atom is 0.411 e. The van der Waals surface area contributed by atoms with Gasteiger partial charge in [0.05, 0.1) is 24.2 Å². The third-order valence-electron chi connectivity index (χ3n) is 1.97. The lowest BCUT2D eigenvalue weighted by atomic mass is 10.2. The van der Waals surface area contributed by atoms with Gasteiger partial charge < -0.3 is 14.6 Å². The van der Waals surface area contributed by atoms with E-state index in [0.29, 0.717) is 0 Å². The molecule has 0 aromatic heterocycles. The van der Waals surface area contributed by atoms with Gasteiger partial charge in [0.25, 0.3) is 0 Å². The summed E-state index contributed by atoms with van der Waals surface area (Å²) >= 11 is 5.35. The van der Waals surface area contributed by atoms with Crippen molar-refractivity contribution in [3.63, 3.8) is 0 Å². The van der Waals surface area contributed by atoms with E-state index in [-0.39, 0.29) is 29.5 Å². The van der Waals surface area contributed by atoms with E-state index in [1.807, 2.05) is 0 Å². The number of methoxy groups -OCH3 is 1. The van der Waals surface area contributed by atoms with Gasteiger partial charge in [-0.25, -0.2) is 9.59 Å². The fourth-order valence-electron chi connectivity index (χ4n) is 1.16. The molecule has 6 nitrogen and oxygen atoms in total. The fourth-order valence-corrected chi connectivity index (χ4v) is 1.24. The van der Waals surface area contributed by atoms with Crippen LogP contribution in [-0.2, 0) is 9.47 Å². The zero-order chi connectivity index (χ0) is 13.5. The van der Waals surface area contributed by atoms with Crippen molar-refractivity contribution in [1.82, 2.24) is 0 Å². The van der Waals surface area contributed by atoms with Crippen molar-refractivity contribution in [2.45, 2.75) is 0 Å². The zero-order valence-corrected chi connectivity index (χ0v) is 10.4. The van der Waals surface area contributed by atoms with E-state index in [1.165, 1.54) is 25.3 Å². The minimum Gasteiger partial charge on any atom is -0.506 e. The SMILES string of the molecule is COC(=O)c1ccc(NC(=O)OCCCl)c(O)c1. The maximum atomic E-state index is 11.2. The summed E-state index contributed by atoms with van der Waals surface area (Å²) in [6.45, 7) is 0.0639. The highest BCUT2D eigenvalue weighted by Gasteiger charge is 2.11. The molecular formula is C11H12ClNO5. The van der Waals surface area contributed by atoms with Gasteiger partial charge in [-0.2, -0.15) is 0 Å². The third-order valence-corrected chi connectivity index (χ3v) is 2.12. The van der Waals surface area contributed by atoms with Crippen LogP contribution in [0.5, 0.6) is 5.75 Å². The molecule has 0 aliphatic carbocycles. The highest BCUT2D eigenvalue weighted by molar-refractivity contribution is 6.18. The van der Waals surface area contributed by atoms with Gasteiger partial charge >= 0.3 is 12.1 Å². The summed E-state index contributed by atoms with van der Waals surface area (Å²) in [6, 6.07) is 3.95. The molecule has 18 heavy (non-hydrogen) atoms. The molecule has 1 aromatic carbocycles. The average Bonchev–Trinajstić information content (AvgIpc) is 2.37. The minimum absolute atomic E-state index is 0.0639. The lowest BCUT2D eigenvalue weighted by Gasteiger charge is -2.08. The molecule has 0 spiro atoms. The summed E-state index contributed by atoms with van der Waals surface area (Å²) in [5.41, 5.74) is 0.303. The number of carbonyl (C=O) groups excluding carboxylic acids is 2. The van der Waals surface area contributed by atoms with Crippen LogP contribution in [0.1, 0.15) is 10.4 Å². The summed E-state index contributed by atoms with van der Waals surface area (Å²) < 4.78 is 9.15. The smallest absolute Gasteiger partial charge is 0.411 e. The normalized spacial score (nSPS) is 9.67. The molecule has 0 saturated heterocycles. The first kappa shape index (κ1) is 14.1. The van der Waals surface area contributed by atoms with Crippen molar-refractivity contribution in [1.29, 1.82) is 0 Å². The second kappa shape index (κ2) is 6.70. The lowest BCUT2D eigenvalue weighted by Crippen LogP contribution is -2.15. The van der Waals surface area contributed by atoms with Crippen LogP contribution in [0.2, 0.25) is 0 Å². The number of hydrogen-bond donors (Lipinski definition) is 2. The molecule has 0 saturated carbocycles. The third kappa shape index (κ3) is 3.81. The van der Waals surface area contributed by atoms with Crippen molar-refractivity contribution in [3.05, 3.63) is 23.8 Å². The molecule has 1 rings (SSSR count). The molecule has 0 unspecified atom stereocenters. The number of alkyl halides is 1. The zero-order valence-electron chi connectivity index (χ0n) is 9.60. The maximum absolute atomic E-state index is 11.2. The molecule has 0 atom stereocenters. The second-order valence-electron chi connectivity index (χ2n) is 3.17. The Kier molecular flexibility index (Phi) is 5.26. The Balaban J connectivity index is 2.74. The molecule has 0 radical (unpaired) electrons. The number of ether oxygens (including phenoxy) is 2. The molecule has 0 fully saturated rings. The molecule has 0 aliphatic rings. The summed E-state index contributed by atoms with van der Waals surface area (Å²) in [5.74, 6) is -0.664. The van der Waals surface area contributed by atoms with Crippen LogP contribution in [0.4, 0.5) is 10.5 Å². The number of aromatic hydroxyl groups is 1. The van der Waals surface area contributed by atoms with Gasteiger partial charge in [0.15, 0.2) is 0 Å². The number of anilines is 1. The lowest BCUT2D eigenvalue weighted by molar-refractivity contribution is 0.0600. The van der Waals surface area contributed by atoms with Crippen LogP contribution in [0.3, 0.4) is 0 Å². The first-order valence-corrected chi connectivity index (χ1v) is 5.53. The fraction of sp³-hybridized carbons (Fsp3) is 0.273. The Morgan fingerprint density at radius 1 is 1.44 bits per heavy atom. The van der Waals surface area contributed by atoms with Crippen LogP contribution >= 0.6 is 11.6 Å². The van der Waals surface area contributed by atoms with Crippen LogP contribution < -0.4 is 5.32 Å². The number of benzene rings is 1. The van der Waals surface area contributed by atoms with Crippen molar-refractivity contribution in [3.8, 4) is 5.75 Å². The molecule has 98 valence electrons. The van der Waals surface area contributed by atoms with Crippen molar-refractivity contribution >= 4 is 29.4 Å². The number of halogens is 1. The Hall–Kier alpha value is -1.95. The first-order chi connectivity index (χ1) is 8.58. The van der Waals surface area contributed by atoms with Crippen LogP contribution in [-0.4, -0.2) is 36.8 Å². The van der Waals surface area contributed by atoms with Gasteiger partial charge in [-0.1, -0.05) is 0 Å². The summed E-state index contributed by atoms with van der Waals surface area (Å²) in [4.78, 5) is 22.4. The van der Waals surface area contributed by atoms with Crippen molar-refractivity contribution in [2.75, 3.05) is 24.9 Å². The number of rotatable bonds is 4. The predicted molar refractivity (Wildman–Crippen MR) is 65.1 cm³/mol. The van der Waals surface area contributed by atoms with Gasteiger partial charge in [0, 0.05) is 0 Å². The van der Waals surface area contributed by atoms with E-state index in [2.05, 4.69) is 14.8 Å². The monoisotopic (exact) mass is 273 g/mol. The summed E-state index contributed by atoms with van der Waals surface area (Å²) in [7, 11) is 1.23. The van der Waals surface area contributed by atoms with E-state index in [0.717, 1.165) is 0 Å². The van der Waals surface area contributed by atoms with E-state index >= 15 is 0 Å². The minimum atomic E-state index is -0.739. The quantitative estimate of drug-likeness (QED) is 0.498. The topological polar surface area (TPSA) is 84.9 Å². The molecule has 0 heterocycles. The number of nitrogens with one attached hydrogen (secondary N) is 1. The van der Waals surface area contributed by atoms with E-state index in [9.17, 15) is 14.7 Å². The summed E-state index contributed by atoms with van der Waals surface area (Å²) in [6.07, 6.45) is -0.739. The van der Waals surface area contributed by atoms with Gasteiger partial charge in [0.1, 0.15) is 12.4 Å². The Morgan fingerprint density at radius 3 is 2.72 bits per heavy atom. The van der Waals surface area contributed by atoms with Crippen molar-refractivity contribution in [2.24, 2.45) is 0 Å². The van der Waals surface area contributed by atoms with Crippen molar-refractivity contribution < 1.29 is 24.2 Å². The van der Waals surface area contributed by atoms with E-state index in [4.69, 9.17) is 11.6 Å². The van der Waals surface area contributed by atoms with Gasteiger partial charge in [0.2, 0.25) is 0 Å². The largest absolute Gasteiger partial charge is 0.506 e. The molecule has 0 aliphatic heterocycles. The highest BCUT2D eigenvalue weighted by Crippen LogP contribution is 2.24. The van der Waals surface area contributed by atoms with Gasteiger partial charge in [-0.3, -0.25) is 5.32 Å². The number of esters is 1. The number of carbonyl (C=O) groups is 2. The van der Waals surface area contributed by atoms with Crippen LogP contribution in [0.15, 0.2) is 18.2 Å². The number of amides is 1. The molecule has 1 aromatic rings. The Morgan fingerprint density at radius 2 is 2.17 bits per heavy atom. The number of phenols is 1. The molecule has 7 heteroatoms. The molecule has 0 bridgehead atoms. The molecule has 1 amide bonds. The predicted octanol–water partition coefficient (Wildman–Crippen LogP) is 1.97. The molecule has 2 N–H and O–H groups in total. The summed E-state index contributed by atoms with van der Waals surface area (Å²) in [5, 5.41) is 11.9. The Labute approximate surface area is 108 Å². The van der Waals surface area contributed by atoms with E-state index in [1.54, 1.807) is 0 Å². The second-order valence-corrected chi connectivity index (χ2v) is 3.55. The van der Waals surface area contributed by atoms with Crippen LogP contribution in [0, 0.1) is 0 Å². The van der Waals surface area contributed by atoms with Crippen LogP contribution in [0.25, 0.3) is 0 Å². The Bertz CT molecular complexity index is 449. The first-order valence-electron chi connectivity index (χ1n) is 4.99. The molecular weight excluding hydrogens is 262 g/mol. The van der Waals surface area contributed by atoms with Gasteiger partial charge in [-0.15, -0.1) is 11.6 Å². The average molecular weight is 274 g/mol. The number of phenolic OH excluding ortho intramolecular Hbond substituents is 1.